The van der Waals surface area contributed by atoms with E-state index in [2.05, 4.69) is 15.2 Å². The van der Waals surface area contributed by atoms with Crippen LogP contribution in [0, 0.1) is 0 Å². The summed E-state index contributed by atoms with van der Waals surface area (Å²) in [5, 5.41) is 9.88. The molecule has 0 saturated heterocycles. The van der Waals surface area contributed by atoms with Gasteiger partial charge in [0.15, 0.2) is 5.58 Å². The van der Waals surface area contributed by atoms with E-state index in [1.54, 1.807) is 6.07 Å². The Balaban J connectivity index is 1.82. The molecule has 0 unspecified atom stereocenters. The van der Waals surface area contributed by atoms with Crippen molar-refractivity contribution in [3.05, 3.63) is 59.7 Å². The van der Waals surface area contributed by atoms with Crippen molar-refractivity contribution in [2.45, 2.75) is 12.4 Å². The molecule has 1 N–H and O–H groups in total. The van der Waals surface area contributed by atoms with Gasteiger partial charge in [-0.1, -0.05) is 11.2 Å². The molecule has 1 amide bonds. The lowest BCUT2D eigenvalue weighted by atomic mass is 10.0. The molecule has 0 aliphatic heterocycles. The molecule has 4 aromatic rings. The van der Waals surface area contributed by atoms with Crippen molar-refractivity contribution in [3.63, 3.8) is 0 Å². The van der Waals surface area contributed by atoms with Crippen molar-refractivity contribution in [2.24, 2.45) is 7.05 Å². The fourth-order valence-electron chi connectivity index (χ4n) is 3.18. The summed E-state index contributed by atoms with van der Waals surface area (Å²) in [6.45, 7) is 0. The van der Waals surface area contributed by atoms with Crippen molar-refractivity contribution in [3.8, 4) is 11.3 Å². The average Bonchev–Trinajstić information content (AvgIpc) is 3.31. The number of anilines is 1. The number of hydrogen-bond acceptors (Lipinski definition) is 5. The number of rotatable bonds is 3. The first-order valence-electron chi connectivity index (χ1n) is 8.79. The van der Waals surface area contributed by atoms with Gasteiger partial charge in [-0.3, -0.25) is 14.5 Å². The number of alkyl halides is 6. The number of nitrogens with one attached hydrogen (secondary N) is 1. The van der Waals surface area contributed by atoms with Gasteiger partial charge in [-0.05, 0) is 24.3 Å². The van der Waals surface area contributed by atoms with Crippen LogP contribution in [0.4, 0.5) is 32.0 Å². The molecule has 0 bridgehead atoms. The normalized spacial score (nSPS) is 12.3. The van der Waals surface area contributed by atoms with Crippen LogP contribution in [-0.2, 0) is 19.4 Å². The summed E-state index contributed by atoms with van der Waals surface area (Å²) < 4.78 is 86.3. The fraction of sp³-hybridized carbons (Fsp3) is 0.158. The molecule has 0 aliphatic rings. The predicted molar refractivity (Wildman–Crippen MR) is 98.4 cm³/mol. The Labute approximate surface area is 174 Å². The summed E-state index contributed by atoms with van der Waals surface area (Å²) in [6.07, 6.45) is -7.73. The molecule has 32 heavy (non-hydrogen) atoms. The number of carbonyl (C=O) groups excluding carboxylic acids is 1. The van der Waals surface area contributed by atoms with Crippen LogP contribution in [-0.4, -0.2) is 25.8 Å². The van der Waals surface area contributed by atoms with Gasteiger partial charge < -0.3 is 9.84 Å². The predicted octanol–water partition coefficient (Wildman–Crippen LogP) is 4.91. The van der Waals surface area contributed by atoms with Crippen molar-refractivity contribution in [1.29, 1.82) is 0 Å². The minimum Gasteiger partial charge on any atom is -0.356 e. The number of fused-ring (bicyclic) bond motifs is 1. The molecule has 13 heteroatoms. The average molecular weight is 455 g/mol. The number of hydrogen-bond donors (Lipinski definition) is 1. The third kappa shape index (κ3) is 3.76. The highest BCUT2D eigenvalue weighted by Crippen LogP contribution is 2.41. The number of carbonyl (C=O) groups is 1. The molecule has 0 radical (unpaired) electrons. The van der Waals surface area contributed by atoms with Crippen LogP contribution >= 0.6 is 0 Å². The van der Waals surface area contributed by atoms with E-state index in [1.807, 2.05) is 5.32 Å². The molecule has 0 aliphatic carbocycles. The number of amides is 1. The standard InChI is InChI=1S/C19H11F6N5O2/c1-30-15(17(31)28-10-5-6-26-12(7-10)18(20,21)22)13(19(23,24)25)14(29-30)11-4-2-3-9-8-27-32-16(9)11/h2-8H,1H3,(H,26,28,31). The van der Waals surface area contributed by atoms with Crippen LogP contribution in [0.25, 0.3) is 22.2 Å². The van der Waals surface area contributed by atoms with Crippen LogP contribution in [0.3, 0.4) is 0 Å². The maximum Gasteiger partial charge on any atom is 0.433 e. The first kappa shape index (κ1) is 21.3. The van der Waals surface area contributed by atoms with Crippen LogP contribution in [0.15, 0.2) is 47.2 Å². The van der Waals surface area contributed by atoms with Gasteiger partial charge in [-0.15, -0.1) is 0 Å². The SMILES string of the molecule is Cn1nc(-c2cccc3cnoc23)c(C(F)(F)F)c1C(=O)Nc1ccnc(C(F)(F)F)c1. The van der Waals surface area contributed by atoms with E-state index in [9.17, 15) is 31.1 Å². The second-order valence-corrected chi connectivity index (χ2v) is 6.62. The molecule has 3 aromatic heterocycles. The Morgan fingerprint density at radius 1 is 1.09 bits per heavy atom. The molecule has 0 spiro atoms. The summed E-state index contributed by atoms with van der Waals surface area (Å²) in [7, 11) is 1.11. The Morgan fingerprint density at radius 3 is 2.53 bits per heavy atom. The zero-order valence-electron chi connectivity index (χ0n) is 15.9. The van der Waals surface area contributed by atoms with E-state index in [0.717, 1.165) is 19.3 Å². The lowest BCUT2D eigenvalue weighted by Crippen LogP contribution is -2.21. The Morgan fingerprint density at radius 2 is 1.84 bits per heavy atom. The quantitative estimate of drug-likeness (QED) is 0.444. The van der Waals surface area contributed by atoms with Crippen LogP contribution in [0.5, 0.6) is 0 Å². The van der Waals surface area contributed by atoms with E-state index in [0.29, 0.717) is 16.1 Å². The zero-order chi connectivity index (χ0) is 23.3. The van der Waals surface area contributed by atoms with Crippen molar-refractivity contribution >= 4 is 22.6 Å². The van der Waals surface area contributed by atoms with Gasteiger partial charge in [0.05, 0.1) is 6.20 Å². The molecule has 0 saturated carbocycles. The molecule has 0 atom stereocenters. The van der Waals surface area contributed by atoms with Gasteiger partial charge in [-0.25, -0.2) is 0 Å². The highest BCUT2D eigenvalue weighted by Gasteiger charge is 2.43. The minimum absolute atomic E-state index is 0.0343. The smallest absolute Gasteiger partial charge is 0.356 e. The maximum absolute atomic E-state index is 14.0. The number of benzene rings is 1. The van der Waals surface area contributed by atoms with E-state index < -0.39 is 40.9 Å². The van der Waals surface area contributed by atoms with Crippen LogP contribution < -0.4 is 5.32 Å². The molecule has 7 nitrogen and oxygen atoms in total. The van der Waals surface area contributed by atoms with Gasteiger partial charge in [-0.2, -0.15) is 31.4 Å². The van der Waals surface area contributed by atoms with Gasteiger partial charge in [0.2, 0.25) is 0 Å². The summed E-state index contributed by atoms with van der Waals surface area (Å²) in [6, 6.07) is 5.90. The topological polar surface area (TPSA) is 85.8 Å². The minimum atomic E-state index is -5.02. The van der Waals surface area contributed by atoms with Crippen molar-refractivity contribution < 1.29 is 35.7 Å². The second-order valence-electron chi connectivity index (χ2n) is 6.62. The zero-order valence-corrected chi connectivity index (χ0v) is 15.9. The highest BCUT2D eigenvalue weighted by molar-refractivity contribution is 6.06. The van der Waals surface area contributed by atoms with Gasteiger partial charge >= 0.3 is 12.4 Å². The number of para-hydroxylation sites is 1. The second kappa shape index (κ2) is 7.35. The molecular weight excluding hydrogens is 444 g/mol. The number of halogens is 6. The molecule has 1 aromatic carbocycles. The molecule has 166 valence electrons. The highest BCUT2D eigenvalue weighted by atomic mass is 19.4. The number of aryl methyl sites for hydroxylation is 1. The first-order valence-corrected chi connectivity index (χ1v) is 8.79. The van der Waals surface area contributed by atoms with Crippen LogP contribution in [0.2, 0.25) is 0 Å². The number of aromatic nitrogens is 4. The lowest BCUT2D eigenvalue weighted by Gasteiger charge is -2.12. The first-order chi connectivity index (χ1) is 15.0. The largest absolute Gasteiger partial charge is 0.433 e. The van der Waals surface area contributed by atoms with Crippen molar-refractivity contribution in [1.82, 2.24) is 19.9 Å². The van der Waals surface area contributed by atoms with E-state index >= 15 is 0 Å². The number of pyridine rings is 1. The summed E-state index contributed by atoms with van der Waals surface area (Å²) in [5.41, 5.74) is -4.56. The third-order valence-corrected chi connectivity index (χ3v) is 4.49. The van der Waals surface area contributed by atoms with Gasteiger partial charge in [0.25, 0.3) is 5.91 Å². The van der Waals surface area contributed by atoms with Gasteiger partial charge in [0.1, 0.15) is 22.6 Å². The summed E-state index contributed by atoms with van der Waals surface area (Å²) >= 11 is 0. The number of nitrogens with zero attached hydrogens (tertiary/aromatic N) is 4. The lowest BCUT2D eigenvalue weighted by molar-refractivity contribution is -0.141. The molecular formula is C19H11F6N5O2. The van der Waals surface area contributed by atoms with E-state index in [-0.39, 0.29) is 16.8 Å². The molecule has 0 fully saturated rings. The summed E-state index contributed by atoms with van der Waals surface area (Å²) in [4.78, 5) is 15.9. The third-order valence-electron chi connectivity index (χ3n) is 4.49. The Hall–Kier alpha value is -3.90. The van der Waals surface area contributed by atoms with Gasteiger partial charge in [0, 0.05) is 29.9 Å². The van der Waals surface area contributed by atoms with Crippen molar-refractivity contribution in [2.75, 3.05) is 5.32 Å². The Kier molecular flexibility index (Phi) is 4.90. The summed E-state index contributed by atoms with van der Waals surface area (Å²) in [5.74, 6) is -1.30. The fourth-order valence-corrected chi connectivity index (χ4v) is 3.18. The molecule has 3 heterocycles. The maximum atomic E-state index is 14.0. The monoisotopic (exact) mass is 455 g/mol. The molecule has 4 rings (SSSR count). The van der Waals surface area contributed by atoms with E-state index in [1.165, 1.54) is 18.3 Å². The Bertz CT molecular complexity index is 1320. The van der Waals surface area contributed by atoms with E-state index in [4.69, 9.17) is 4.52 Å². The van der Waals surface area contributed by atoms with Crippen LogP contribution in [0.1, 0.15) is 21.7 Å².